The molecule has 0 unspecified atom stereocenters. The quantitative estimate of drug-likeness (QED) is 0.363. The van der Waals surface area contributed by atoms with Gasteiger partial charge >= 0.3 is 6.09 Å². The molecule has 0 bridgehead atoms. The number of hydrogen-bond donors (Lipinski definition) is 3. The van der Waals surface area contributed by atoms with E-state index in [1.807, 2.05) is 12.3 Å². The third-order valence-electron chi connectivity index (χ3n) is 5.68. The Morgan fingerprint density at radius 3 is 2.77 bits per heavy atom. The molecular weight excluding hydrogens is 455 g/mol. The Hall–Kier alpha value is -4.06. The van der Waals surface area contributed by atoms with Crippen molar-refractivity contribution in [3.8, 4) is 16.8 Å². The van der Waals surface area contributed by atoms with E-state index >= 15 is 0 Å². The van der Waals surface area contributed by atoms with Crippen molar-refractivity contribution in [2.24, 2.45) is 5.73 Å². The third-order valence-corrected chi connectivity index (χ3v) is 5.68. The summed E-state index contributed by atoms with van der Waals surface area (Å²) in [6.45, 7) is 1.17. The summed E-state index contributed by atoms with van der Waals surface area (Å²) in [5.41, 5.74) is 7.22. The minimum absolute atomic E-state index is 0.330. The molecule has 1 saturated carbocycles. The molecule has 11 nitrogen and oxygen atoms in total. The molecule has 0 atom stereocenters. The number of aromatic nitrogens is 6. The van der Waals surface area contributed by atoms with E-state index in [1.54, 1.807) is 41.1 Å². The second-order valence-corrected chi connectivity index (χ2v) is 8.13. The normalized spacial score (nSPS) is 13.5. The van der Waals surface area contributed by atoms with Crippen LogP contribution in [0, 0.1) is 5.82 Å². The van der Waals surface area contributed by atoms with Crippen LogP contribution >= 0.6 is 0 Å². The topological polar surface area (TPSA) is 146 Å². The van der Waals surface area contributed by atoms with Crippen LogP contribution in [0.2, 0.25) is 0 Å². The molecule has 3 heterocycles. The van der Waals surface area contributed by atoms with Crippen LogP contribution < -0.4 is 11.1 Å². The molecule has 4 N–H and O–H groups in total. The van der Waals surface area contributed by atoms with Crippen LogP contribution in [0.1, 0.15) is 25.7 Å². The molecule has 12 heteroatoms. The van der Waals surface area contributed by atoms with Gasteiger partial charge in [0.1, 0.15) is 17.7 Å². The highest BCUT2D eigenvalue weighted by Crippen LogP contribution is 2.26. The number of primary amides is 1. The van der Waals surface area contributed by atoms with E-state index in [0.29, 0.717) is 47.6 Å². The molecule has 1 aliphatic carbocycles. The van der Waals surface area contributed by atoms with Crippen molar-refractivity contribution in [2.45, 2.75) is 38.3 Å². The number of benzene rings is 1. The Morgan fingerprint density at radius 2 is 2.06 bits per heavy atom. The number of nitrogens with zero attached hydrogens (tertiary/aromatic N) is 6. The van der Waals surface area contributed by atoms with Crippen molar-refractivity contribution in [2.75, 3.05) is 19.0 Å². The van der Waals surface area contributed by atoms with Gasteiger partial charge in [0.05, 0.1) is 31.2 Å². The number of carboxylic acid groups (broad SMARTS) is 1. The zero-order chi connectivity index (χ0) is 24.8. The van der Waals surface area contributed by atoms with Crippen molar-refractivity contribution in [3.63, 3.8) is 0 Å². The lowest BCUT2D eigenvalue weighted by Gasteiger charge is -2.12. The second kappa shape index (κ2) is 10.9. The number of rotatable bonds is 7. The van der Waals surface area contributed by atoms with E-state index in [4.69, 9.17) is 14.6 Å². The Kier molecular flexibility index (Phi) is 7.51. The van der Waals surface area contributed by atoms with Gasteiger partial charge in [-0.05, 0) is 31.0 Å². The summed E-state index contributed by atoms with van der Waals surface area (Å²) < 4.78 is 23.6. The largest absolute Gasteiger partial charge is 0.465 e. The monoisotopic (exact) mass is 482 g/mol. The molecule has 0 radical (unpaired) electrons. The van der Waals surface area contributed by atoms with Crippen LogP contribution in [-0.4, -0.2) is 60.3 Å². The first kappa shape index (κ1) is 24.1. The minimum atomic E-state index is -1.33. The summed E-state index contributed by atoms with van der Waals surface area (Å²) in [5, 5.41) is 14.9. The number of carbonyl (C=O) groups is 1. The van der Waals surface area contributed by atoms with Crippen LogP contribution in [-0.2, 0) is 11.3 Å². The summed E-state index contributed by atoms with van der Waals surface area (Å²) in [7, 11) is 1.64. The van der Waals surface area contributed by atoms with Crippen LogP contribution in [0.25, 0.3) is 28.0 Å². The molecule has 184 valence electrons. The molecule has 35 heavy (non-hydrogen) atoms. The summed E-state index contributed by atoms with van der Waals surface area (Å²) in [6, 6.07) is 5.52. The van der Waals surface area contributed by atoms with Gasteiger partial charge in [0, 0.05) is 30.5 Å². The number of fused-ring (bicyclic) bond motifs is 1. The molecule has 0 spiro atoms. The zero-order valence-electron chi connectivity index (χ0n) is 19.3. The molecule has 1 aromatic carbocycles. The number of nitrogens with one attached hydrogen (secondary N) is 1. The third kappa shape index (κ3) is 5.90. The second-order valence-electron chi connectivity index (χ2n) is 8.13. The van der Waals surface area contributed by atoms with Gasteiger partial charge in [0.15, 0.2) is 5.65 Å². The van der Waals surface area contributed by atoms with Gasteiger partial charge in [0.25, 0.3) is 0 Å². The van der Waals surface area contributed by atoms with Crippen LogP contribution in [0.15, 0.2) is 43.1 Å². The first-order valence-corrected chi connectivity index (χ1v) is 11.2. The molecule has 3 aromatic heterocycles. The van der Waals surface area contributed by atoms with Crippen LogP contribution in [0.5, 0.6) is 0 Å². The maximum absolute atomic E-state index is 15.0. The van der Waals surface area contributed by atoms with Crippen molar-refractivity contribution in [3.05, 3.63) is 48.9 Å². The smallest absolute Gasteiger partial charge is 0.402 e. The highest BCUT2D eigenvalue weighted by molar-refractivity contribution is 5.74. The van der Waals surface area contributed by atoms with E-state index in [2.05, 4.69) is 31.1 Å². The Bertz CT molecular complexity index is 1300. The van der Waals surface area contributed by atoms with Crippen molar-refractivity contribution in [1.82, 2.24) is 29.3 Å². The molecule has 4 aromatic rings. The molecular formula is C23H27FN8O3. The number of methoxy groups -OCH3 is 1. The number of amides is 1. The van der Waals surface area contributed by atoms with Gasteiger partial charge in [-0.25, -0.2) is 19.2 Å². The van der Waals surface area contributed by atoms with Gasteiger partial charge in [-0.1, -0.05) is 12.8 Å². The van der Waals surface area contributed by atoms with E-state index in [1.165, 1.54) is 18.9 Å². The summed E-state index contributed by atoms with van der Waals surface area (Å²) >= 11 is 0. The minimum Gasteiger partial charge on any atom is -0.465 e. The maximum atomic E-state index is 15.0. The zero-order valence-corrected chi connectivity index (χ0v) is 19.3. The van der Waals surface area contributed by atoms with Gasteiger partial charge in [-0.15, -0.1) is 0 Å². The number of nitrogens with two attached hydrogens (primary N) is 1. The number of halogens is 1. The molecule has 5 rings (SSSR count). The standard InChI is InChI=1S/C22H24FN7O.CH3NO2/c1-31-9-8-29-13-15(11-26-29)18-7-6-17(10-19(18)23)30-14-25-20-12-24-22(28-21(20)30)27-16-4-2-3-5-16;2-1(3)4/h6-7,10-14,16H,2-5,8-9H2,1H3,(H,24,27,28);2H2,(H,3,4). The maximum Gasteiger partial charge on any atom is 0.402 e. The highest BCUT2D eigenvalue weighted by Gasteiger charge is 2.17. The Labute approximate surface area is 200 Å². The van der Waals surface area contributed by atoms with E-state index in [0.717, 1.165) is 18.4 Å². The van der Waals surface area contributed by atoms with Crippen molar-refractivity contribution in [1.29, 1.82) is 0 Å². The van der Waals surface area contributed by atoms with E-state index in [9.17, 15) is 4.39 Å². The molecule has 0 saturated heterocycles. The van der Waals surface area contributed by atoms with E-state index in [-0.39, 0.29) is 5.82 Å². The molecule has 1 fully saturated rings. The van der Waals surface area contributed by atoms with Crippen molar-refractivity contribution < 1.29 is 19.0 Å². The average Bonchev–Trinajstić information content (AvgIpc) is 3.58. The fraction of sp³-hybridized carbons (Fsp3) is 0.348. The van der Waals surface area contributed by atoms with Gasteiger partial charge in [0.2, 0.25) is 5.95 Å². The summed E-state index contributed by atoms with van der Waals surface area (Å²) in [4.78, 5) is 22.2. The predicted molar refractivity (Wildman–Crippen MR) is 128 cm³/mol. The molecule has 1 amide bonds. The molecule has 0 aliphatic heterocycles. The highest BCUT2D eigenvalue weighted by atomic mass is 19.1. The van der Waals surface area contributed by atoms with Gasteiger partial charge in [-0.3, -0.25) is 9.25 Å². The lowest BCUT2D eigenvalue weighted by molar-refractivity contribution is 0.183. The average molecular weight is 483 g/mol. The van der Waals surface area contributed by atoms with Crippen LogP contribution in [0.3, 0.4) is 0 Å². The first-order valence-electron chi connectivity index (χ1n) is 11.2. The number of imidazole rings is 1. The number of anilines is 1. The molecule has 1 aliphatic rings. The summed E-state index contributed by atoms with van der Waals surface area (Å²) in [6.07, 6.45) is 10.2. The fourth-order valence-corrected chi connectivity index (χ4v) is 4.02. The number of hydrogen-bond acceptors (Lipinski definition) is 7. The Balaban J connectivity index is 0.000000672. The SMILES string of the molecule is COCCn1cc(-c2ccc(-n3cnc4cnc(NC5CCCC5)nc43)cc2F)cn1.NC(=O)O. The fourth-order valence-electron chi connectivity index (χ4n) is 4.02. The van der Waals surface area contributed by atoms with Gasteiger partial charge in [-0.2, -0.15) is 10.1 Å². The first-order chi connectivity index (χ1) is 16.9. The predicted octanol–water partition coefficient (Wildman–Crippen LogP) is 3.44. The van der Waals surface area contributed by atoms with Gasteiger partial charge < -0.3 is 20.9 Å². The Morgan fingerprint density at radius 1 is 1.29 bits per heavy atom. The number of ether oxygens (including phenoxy) is 1. The summed E-state index contributed by atoms with van der Waals surface area (Å²) in [5.74, 6) is 0.255. The lowest BCUT2D eigenvalue weighted by atomic mass is 10.1. The van der Waals surface area contributed by atoms with Crippen molar-refractivity contribution >= 4 is 23.2 Å². The van der Waals surface area contributed by atoms with Crippen LogP contribution in [0.4, 0.5) is 15.1 Å². The lowest BCUT2D eigenvalue weighted by Crippen LogP contribution is -2.16. The van der Waals surface area contributed by atoms with E-state index < -0.39 is 6.09 Å².